The second-order valence-electron chi connectivity index (χ2n) is 10.6. The molecule has 3 aromatic rings. The molecule has 0 unspecified atom stereocenters. The van der Waals surface area contributed by atoms with Crippen molar-refractivity contribution in [3.63, 3.8) is 0 Å². The van der Waals surface area contributed by atoms with E-state index in [2.05, 4.69) is 48.8 Å². The summed E-state index contributed by atoms with van der Waals surface area (Å²) in [4.78, 5) is 27.1. The molecule has 0 radical (unpaired) electrons. The number of aromatic nitrogens is 4. The van der Waals surface area contributed by atoms with Crippen molar-refractivity contribution in [1.82, 2.24) is 19.5 Å². The number of rotatable bonds is 9. The number of hydrogen-bond donors (Lipinski definition) is 1. The average Bonchev–Trinajstić information content (AvgIpc) is 3.44. The number of Topliss-reactive ketones (excluding diaryl/α,β-unsaturated/α-hetero) is 1. The molecule has 3 atom stereocenters. The lowest BCUT2D eigenvalue weighted by Gasteiger charge is -2.37. The van der Waals surface area contributed by atoms with Crippen molar-refractivity contribution in [1.29, 1.82) is 0 Å². The van der Waals surface area contributed by atoms with E-state index in [1.807, 2.05) is 24.5 Å². The molecular formula is C25H35N5O4SSi. The van der Waals surface area contributed by atoms with E-state index in [0.29, 0.717) is 29.3 Å². The first kappa shape index (κ1) is 26.7. The number of thioether (sulfide) groups is 1. The van der Waals surface area contributed by atoms with Gasteiger partial charge in [-0.15, -0.1) is 11.8 Å². The second-order valence-corrected chi connectivity index (χ2v) is 16.2. The summed E-state index contributed by atoms with van der Waals surface area (Å²) in [6.07, 6.45) is 4.34. The number of hydrogen-bond acceptors (Lipinski definition) is 9. The number of nitrogen functional groups attached to an aromatic ring is 1. The molecule has 2 N–H and O–H groups in total. The van der Waals surface area contributed by atoms with E-state index in [9.17, 15) is 4.79 Å². The third kappa shape index (κ3) is 4.94. The molecule has 0 aliphatic carbocycles. The molecule has 3 heterocycles. The largest absolute Gasteiger partial charge is 0.414 e. The van der Waals surface area contributed by atoms with E-state index < -0.39 is 20.1 Å². The summed E-state index contributed by atoms with van der Waals surface area (Å²) >= 11 is 1.57. The lowest BCUT2D eigenvalue weighted by Crippen LogP contribution is -2.45. The van der Waals surface area contributed by atoms with Gasteiger partial charge in [-0.3, -0.25) is 9.36 Å². The fraction of sp³-hybridized carbons (Fsp3) is 0.520. The SMILES string of the molecule is CSCO[C@H]1C[C@](C(=O)c2ccccc2)(n2cnc3c(N)ncnc32)O[C@@H]1CO[Si](C)(C)C(C)(C)C. The normalized spacial score (nSPS) is 22.8. The van der Waals surface area contributed by atoms with Crippen molar-refractivity contribution >= 4 is 42.8 Å². The molecule has 0 amide bonds. The zero-order valence-corrected chi connectivity index (χ0v) is 23.5. The Bertz CT molecular complexity index is 1220. The monoisotopic (exact) mass is 529 g/mol. The minimum Gasteiger partial charge on any atom is -0.414 e. The van der Waals surface area contributed by atoms with Gasteiger partial charge in [-0.05, 0) is 24.4 Å². The number of fused-ring (bicyclic) bond motifs is 1. The lowest BCUT2D eigenvalue weighted by molar-refractivity contribution is -0.0917. The van der Waals surface area contributed by atoms with Crippen LogP contribution in [0.25, 0.3) is 11.2 Å². The van der Waals surface area contributed by atoms with E-state index in [-0.39, 0.29) is 29.2 Å². The van der Waals surface area contributed by atoms with Gasteiger partial charge in [0.15, 0.2) is 19.8 Å². The topological polar surface area (TPSA) is 114 Å². The Morgan fingerprint density at radius 1 is 1.25 bits per heavy atom. The summed E-state index contributed by atoms with van der Waals surface area (Å²) in [6, 6.07) is 9.11. The third-order valence-corrected chi connectivity index (χ3v) is 12.1. The van der Waals surface area contributed by atoms with Crippen LogP contribution in [0.3, 0.4) is 0 Å². The van der Waals surface area contributed by atoms with Gasteiger partial charge >= 0.3 is 0 Å². The van der Waals surface area contributed by atoms with Gasteiger partial charge in [0, 0.05) is 12.0 Å². The van der Waals surface area contributed by atoms with Crippen molar-refractivity contribution in [3.05, 3.63) is 48.5 Å². The molecule has 0 bridgehead atoms. The molecule has 1 aliphatic heterocycles. The number of carbonyl (C=O) groups is 1. The Morgan fingerprint density at radius 2 is 1.97 bits per heavy atom. The third-order valence-electron chi connectivity index (χ3n) is 7.20. The lowest BCUT2D eigenvalue weighted by atomic mass is 9.96. The van der Waals surface area contributed by atoms with Crippen LogP contribution in [0.2, 0.25) is 18.1 Å². The van der Waals surface area contributed by atoms with Crippen LogP contribution in [-0.2, 0) is 19.6 Å². The molecule has 194 valence electrons. The van der Waals surface area contributed by atoms with Crippen molar-refractivity contribution in [2.75, 3.05) is 24.5 Å². The van der Waals surface area contributed by atoms with Crippen LogP contribution in [0.5, 0.6) is 0 Å². The Balaban J connectivity index is 1.79. The minimum absolute atomic E-state index is 0.0349. The summed E-state index contributed by atoms with van der Waals surface area (Å²) in [7, 11) is -2.07. The predicted molar refractivity (Wildman–Crippen MR) is 144 cm³/mol. The van der Waals surface area contributed by atoms with E-state index in [0.717, 1.165) is 0 Å². The Labute approximate surface area is 217 Å². The molecule has 9 nitrogen and oxygen atoms in total. The molecule has 2 aromatic heterocycles. The van der Waals surface area contributed by atoms with Crippen LogP contribution in [0, 0.1) is 0 Å². The molecule has 0 spiro atoms. The highest BCUT2D eigenvalue weighted by atomic mass is 32.2. The maximum Gasteiger partial charge on any atom is 0.215 e. The molecule has 11 heteroatoms. The molecule has 1 fully saturated rings. The summed E-state index contributed by atoms with van der Waals surface area (Å²) in [6.45, 7) is 11.3. The van der Waals surface area contributed by atoms with Gasteiger partial charge < -0.3 is 19.6 Å². The first-order chi connectivity index (χ1) is 17.0. The van der Waals surface area contributed by atoms with Crippen LogP contribution in [-0.4, -0.2) is 64.6 Å². The van der Waals surface area contributed by atoms with E-state index in [4.69, 9.17) is 19.6 Å². The number of anilines is 1. The number of nitrogens with zero attached hydrogens (tertiary/aromatic N) is 4. The van der Waals surface area contributed by atoms with Gasteiger partial charge in [-0.2, -0.15) is 0 Å². The maximum atomic E-state index is 14.2. The number of ketones is 1. The first-order valence-electron chi connectivity index (χ1n) is 12.0. The van der Waals surface area contributed by atoms with Gasteiger partial charge in [0.2, 0.25) is 11.5 Å². The summed E-state index contributed by atoms with van der Waals surface area (Å²) < 4.78 is 21.1. The number of nitrogens with two attached hydrogens (primary N) is 1. The average molecular weight is 530 g/mol. The molecule has 4 rings (SSSR count). The van der Waals surface area contributed by atoms with Crippen LogP contribution in [0.1, 0.15) is 37.6 Å². The summed E-state index contributed by atoms with van der Waals surface area (Å²) in [5, 5.41) is 0.0349. The highest BCUT2D eigenvalue weighted by Crippen LogP contribution is 2.43. The van der Waals surface area contributed by atoms with Gasteiger partial charge in [0.25, 0.3) is 0 Å². The Kier molecular flexibility index (Phi) is 7.59. The molecule has 1 saturated heterocycles. The minimum atomic E-state index is -2.07. The van der Waals surface area contributed by atoms with E-state index >= 15 is 0 Å². The van der Waals surface area contributed by atoms with Crippen molar-refractivity contribution in [2.24, 2.45) is 0 Å². The quantitative estimate of drug-likeness (QED) is 0.244. The standard InChI is InChI=1S/C25H35N5O4SSi/c1-24(2,3)36(5,6)33-13-19-18(32-16-35-4)12-25(34-19,21(31)17-10-8-7-9-11-17)30-15-29-20-22(26)27-14-28-23(20)30/h7-11,14-15,18-19H,12-13,16H2,1-6H3,(H2,26,27,28)/t18-,19+,25-/m0/s1. The summed E-state index contributed by atoms with van der Waals surface area (Å²) in [5.41, 5.74) is 6.01. The Hall–Kier alpha value is -2.31. The molecule has 36 heavy (non-hydrogen) atoms. The fourth-order valence-electron chi connectivity index (χ4n) is 4.09. The van der Waals surface area contributed by atoms with Crippen LogP contribution in [0.4, 0.5) is 5.82 Å². The number of ether oxygens (including phenoxy) is 2. The van der Waals surface area contributed by atoms with Crippen molar-refractivity contribution in [2.45, 2.75) is 63.3 Å². The van der Waals surface area contributed by atoms with Gasteiger partial charge in [0.1, 0.15) is 17.9 Å². The summed E-state index contributed by atoms with van der Waals surface area (Å²) in [5.74, 6) is 0.513. The molecule has 0 saturated carbocycles. The highest BCUT2D eigenvalue weighted by Gasteiger charge is 2.55. The fourth-order valence-corrected chi connectivity index (χ4v) is 5.42. The smallest absolute Gasteiger partial charge is 0.215 e. The number of benzene rings is 1. The van der Waals surface area contributed by atoms with E-state index in [1.54, 1.807) is 34.8 Å². The second kappa shape index (κ2) is 10.2. The number of carbonyl (C=O) groups excluding carboxylic acids is 1. The van der Waals surface area contributed by atoms with Crippen LogP contribution in [0.15, 0.2) is 43.0 Å². The van der Waals surface area contributed by atoms with Gasteiger partial charge in [0.05, 0.1) is 25.0 Å². The van der Waals surface area contributed by atoms with Gasteiger partial charge in [-0.25, -0.2) is 15.0 Å². The van der Waals surface area contributed by atoms with Crippen LogP contribution < -0.4 is 5.73 Å². The predicted octanol–water partition coefficient (Wildman–Crippen LogP) is 4.46. The van der Waals surface area contributed by atoms with Crippen molar-refractivity contribution < 1.29 is 18.7 Å². The van der Waals surface area contributed by atoms with Crippen LogP contribution >= 0.6 is 11.8 Å². The van der Waals surface area contributed by atoms with Gasteiger partial charge in [-0.1, -0.05) is 51.1 Å². The molecule has 1 aromatic carbocycles. The Morgan fingerprint density at radius 3 is 2.64 bits per heavy atom. The zero-order chi connectivity index (χ0) is 26.1. The molecule has 1 aliphatic rings. The molecular weight excluding hydrogens is 494 g/mol. The maximum absolute atomic E-state index is 14.2. The highest BCUT2D eigenvalue weighted by molar-refractivity contribution is 7.98. The van der Waals surface area contributed by atoms with E-state index in [1.165, 1.54) is 6.33 Å². The first-order valence-corrected chi connectivity index (χ1v) is 16.3. The van der Waals surface area contributed by atoms with Crippen molar-refractivity contribution in [3.8, 4) is 0 Å². The number of imidazole rings is 1. The zero-order valence-electron chi connectivity index (χ0n) is 21.7.